The van der Waals surface area contributed by atoms with Gasteiger partial charge in [0.25, 0.3) is 5.91 Å². The zero-order valence-electron chi connectivity index (χ0n) is 16.3. The lowest BCUT2D eigenvalue weighted by Gasteiger charge is -2.29. The highest BCUT2D eigenvalue weighted by molar-refractivity contribution is 6.32. The Bertz CT molecular complexity index is 795. The summed E-state index contributed by atoms with van der Waals surface area (Å²) in [6.45, 7) is 9.57. The van der Waals surface area contributed by atoms with E-state index in [0.29, 0.717) is 0 Å². The molecule has 0 spiro atoms. The Hall–Kier alpha value is -2.34. The first-order chi connectivity index (χ1) is 12.6. The molecule has 0 fully saturated rings. The van der Waals surface area contributed by atoms with Crippen LogP contribution in [-0.4, -0.2) is 27.7 Å². The second-order valence-electron chi connectivity index (χ2n) is 7.75. The SMILES string of the molecule is CC(C)n1ncc(C(=O)N[C@H](C(=O)OCc2ccccc2)C(C)(C)C)c1Cl. The molecule has 2 rings (SSSR count). The van der Waals surface area contributed by atoms with E-state index in [1.165, 1.54) is 6.20 Å². The number of nitrogens with zero attached hydrogens (tertiary/aromatic N) is 2. The van der Waals surface area contributed by atoms with Crippen LogP contribution >= 0.6 is 11.6 Å². The first-order valence-electron chi connectivity index (χ1n) is 8.85. The minimum absolute atomic E-state index is 0.0216. The first-order valence-corrected chi connectivity index (χ1v) is 9.23. The Labute approximate surface area is 164 Å². The largest absolute Gasteiger partial charge is 0.459 e. The molecule has 7 heteroatoms. The van der Waals surface area contributed by atoms with Gasteiger partial charge in [-0.3, -0.25) is 9.48 Å². The molecule has 0 saturated carbocycles. The molecule has 1 heterocycles. The lowest BCUT2D eigenvalue weighted by Crippen LogP contribution is -2.49. The fourth-order valence-corrected chi connectivity index (χ4v) is 2.88. The third-order valence-corrected chi connectivity index (χ3v) is 4.45. The molecule has 0 aliphatic carbocycles. The van der Waals surface area contributed by atoms with E-state index >= 15 is 0 Å². The number of aromatic nitrogens is 2. The molecule has 1 aromatic heterocycles. The van der Waals surface area contributed by atoms with Crippen molar-refractivity contribution in [3.63, 3.8) is 0 Å². The molecule has 6 nitrogen and oxygen atoms in total. The molecule has 27 heavy (non-hydrogen) atoms. The molecule has 146 valence electrons. The van der Waals surface area contributed by atoms with E-state index in [0.717, 1.165) is 5.56 Å². The highest BCUT2D eigenvalue weighted by Crippen LogP contribution is 2.24. The van der Waals surface area contributed by atoms with Gasteiger partial charge in [-0.25, -0.2) is 4.79 Å². The molecule has 0 bridgehead atoms. The minimum Gasteiger partial charge on any atom is -0.459 e. The molecule has 1 N–H and O–H groups in total. The van der Waals surface area contributed by atoms with Gasteiger partial charge in [0.05, 0.1) is 11.8 Å². The van der Waals surface area contributed by atoms with Gasteiger partial charge >= 0.3 is 5.97 Å². The molecular weight excluding hydrogens is 366 g/mol. The van der Waals surface area contributed by atoms with Crippen LogP contribution in [0.1, 0.15) is 56.6 Å². The van der Waals surface area contributed by atoms with Gasteiger partial charge in [-0.05, 0) is 24.8 Å². The summed E-state index contributed by atoms with van der Waals surface area (Å²) in [6, 6.07) is 8.59. The number of amides is 1. The van der Waals surface area contributed by atoms with Gasteiger partial charge < -0.3 is 10.1 Å². The quantitative estimate of drug-likeness (QED) is 0.755. The van der Waals surface area contributed by atoms with Crippen LogP contribution in [0, 0.1) is 5.41 Å². The molecule has 2 aromatic rings. The molecule has 0 radical (unpaired) electrons. The van der Waals surface area contributed by atoms with Crippen molar-refractivity contribution in [3.8, 4) is 0 Å². The number of carbonyl (C=O) groups excluding carboxylic acids is 2. The number of rotatable bonds is 6. The summed E-state index contributed by atoms with van der Waals surface area (Å²) < 4.78 is 6.97. The number of carbonyl (C=O) groups is 2. The Morgan fingerprint density at radius 3 is 2.37 bits per heavy atom. The minimum atomic E-state index is -0.827. The summed E-state index contributed by atoms with van der Waals surface area (Å²) in [7, 11) is 0. The average Bonchev–Trinajstić information content (AvgIpc) is 2.99. The maximum Gasteiger partial charge on any atom is 0.329 e. The third-order valence-electron chi connectivity index (χ3n) is 4.07. The molecule has 1 atom stereocenters. The summed E-state index contributed by atoms with van der Waals surface area (Å²) >= 11 is 6.26. The van der Waals surface area contributed by atoms with Crippen LogP contribution in [0.5, 0.6) is 0 Å². The first kappa shape index (κ1) is 21.0. The standard InChI is InChI=1S/C20H26ClN3O3/c1-13(2)24-17(21)15(11-22-24)18(25)23-16(20(3,4)5)19(26)27-12-14-9-7-6-8-10-14/h6-11,13,16H,12H2,1-5H3,(H,23,25)/t16-/m1/s1. The Kier molecular flexibility index (Phi) is 6.65. The van der Waals surface area contributed by atoms with E-state index < -0.39 is 23.3 Å². The van der Waals surface area contributed by atoms with Gasteiger partial charge in [0.15, 0.2) is 0 Å². The van der Waals surface area contributed by atoms with Crippen molar-refractivity contribution in [2.75, 3.05) is 0 Å². The lowest BCUT2D eigenvalue weighted by molar-refractivity contribution is -0.150. The number of hydrogen-bond donors (Lipinski definition) is 1. The second kappa shape index (κ2) is 8.57. The van der Waals surface area contributed by atoms with Gasteiger partial charge in [0, 0.05) is 6.04 Å². The molecule has 1 amide bonds. The van der Waals surface area contributed by atoms with Gasteiger partial charge in [-0.2, -0.15) is 5.10 Å². The maximum absolute atomic E-state index is 12.7. The Morgan fingerprint density at radius 2 is 1.85 bits per heavy atom. The van der Waals surface area contributed by atoms with Crippen molar-refractivity contribution >= 4 is 23.5 Å². The molecular formula is C20H26ClN3O3. The lowest BCUT2D eigenvalue weighted by atomic mass is 9.86. The monoisotopic (exact) mass is 391 g/mol. The highest BCUT2D eigenvalue weighted by atomic mass is 35.5. The number of halogens is 1. The number of esters is 1. The smallest absolute Gasteiger partial charge is 0.329 e. The van der Waals surface area contributed by atoms with E-state index in [2.05, 4.69) is 10.4 Å². The van der Waals surface area contributed by atoms with Crippen LogP contribution in [0.4, 0.5) is 0 Å². The molecule has 0 unspecified atom stereocenters. The fourth-order valence-electron chi connectivity index (χ4n) is 2.51. The third kappa shape index (κ3) is 5.32. The van der Waals surface area contributed by atoms with Crippen molar-refractivity contribution in [2.24, 2.45) is 5.41 Å². The number of hydrogen-bond acceptors (Lipinski definition) is 4. The summed E-state index contributed by atoms with van der Waals surface area (Å²) in [5, 5.41) is 7.13. The zero-order chi connectivity index (χ0) is 20.2. The van der Waals surface area contributed by atoms with E-state index in [1.54, 1.807) is 4.68 Å². The predicted octanol–water partition coefficient (Wildman–Crippen LogP) is 4.01. The zero-order valence-corrected chi connectivity index (χ0v) is 17.1. The molecule has 0 aliphatic heterocycles. The molecule has 0 saturated heterocycles. The van der Waals surface area contributed by atoms with Gasteiger partial charge in [-0.15, -0.1) is 0 Å². The highest BCUT2D eigenvalue weighted by Gasteiger charge is 2.35. The molecule has 1 aromatic carbocycles. The fraction of sp³-hybridized carbons (Fsp3) is 0.450. The van der Waals surface area contributed by atoms with Crippen molar-refractivity contribution in [1.29, 1.82) is 0 Å². The molecule has 0 aliphatic rings. The average molecular weight is 392 g/mol. The van der Waals surface area contributed by atoms with Gasteiger partial charge in [-0.1, -0.05) is 62.7 Å². The Morgan fingerprint density at radius 1 is 1.22 bits per heavy atom. The second-order valence-corrected chi connectivity index (χ2v) is 8.11. The summed E-state index contributed by atoms with van der Waals surface area (Å²) in [6.07, 6.45) is 1.41. The van der Waals surface area contributed by atoms with Crippen LogP contribution in [0.3, 0.4) is 0 Å². The summed E-state index contributed by atoms with van der Waals surface area (Å²) in [5.74, 6) is -0.949. The van der Waals surface area contributed by atoms with Crippen molar-refractivity contribution < 1.29 is 14.3 Å². The van der Waals surface area contributed by atoms with Gasteiger partial charge in [0.1, 0.15) is 17.8 Å². The van der Waals surface area contributed by atoms with Crippen LogP contribution in [0.15, 0.2) is 36.5 Å². The van der Waals surface area contributed by atoms with Crippen LogP contribution in [0.25, 0.3) is 0 Å². The van der Waals surface area contributed by atoms with Crippen LogP contribution < -0.4 is 5.32 Å². The topological polar surface area (TPSA) is 73.2 Å². The van der Waals surface area contributed by atoms with E-state index in [1.807, 2.05) is 65.0 Å². The van der Waals surface area contributed by atoms with E-state index in [4.69, 9.17) is 16.3 Å². The number of ether oxygens (including phenoxy) is 1. The van der Waals surface area contributed by atoms with Crippen molar-refractivity contribution in [2.45, 2.75) is 53.3 Å². The Balaban J connectivity index is 2.12. The van der Waals surface area contributed by atoms with Crippen LogP contribution in [0.2, 0.25) is 5.15 Å². The van der Waals surface area contributed by atoms with Crippen molar-refractivity contribution in [3.05, 3.63) is 52.8 Å². The van der Waals surface area contributed by atoms with Gasteiger partial charge in [0.2, 0.25) is 0 Å². The van der Waals surface area contributed by atoms with E-state index in [-0.39, 0.29) is 23.4 Å². The van der Waals surface area contributed by atoms with Crippen LogP contribution in [-0.2, 0) is 16.1 Å². The number of benzene rings is 1. The maximum atomic E-state index is 12.7. The normalized spacial score (nSPS) is 12.7. The van der Waals surface area contributed by atoms with Crippen molar-refractivity contribution in [1.82, 2.24) is 15.1 Å². The summed E-state index contributed by atoms with van der Waals surface area (Å²) in [4.78, 5) is 25.3. The number of nitrogens with one attached hydrogen (secondary N) is 1. The predicted molar refractivity (Wildman–Crippen MR) is 105 cm³/mol. The summed E-state index contributed by atoms with van der Waals surface area (Å²) in [5.41, 5.74) is 0.575. The van der Waals surface area contributed by atoms with E-state index in [9.17, 15) is 9.59 Å².